The number of furan rings is 1. The largest absolute Gasteiger partial charge is 0.442 e. The molecule has 0 aromatic carbocycles. The fourth-order valence-electron chi connectivity index (χ4n) is 1.22. The second kappa shape index (κ2) is 4.51. The molecule has 0 spiro atoms. The van der Waals surface area contributed by atoms with Gasteiger partial charge in [-0.15, -0.1) is 0 Å². The third-order valence-corrected chi connectivity index (χ3v) is 2.17. The highest BCUT2D eigenvalue weighted by atomic mass is 35.5. The molecule has 0 aliphatic carbocycles. The Labute approximate surface area is 92.2 Å². The van der Waals surface area contributed by atoms with Crippen molar-refractivity contribution in [2.45, 2.75) is 6.42 Å². The summed E-state index contributed by atoms with van der Waals surface area (Å²) in [5, 5.41) is 3.38. The number of nitrogens with zero attached hydrogens (tertiary/aromatic N) is 1. The van der Waals surface area contributed by atoms with Crippen molar-refractivity contribution in [3.63, 3.8) is 0 Å². The topological polar surface area (TPSA) is 51.2 Å². The van der Waals surface area contributed by atoms with Crippen LogP contribution in [-0.2, 0) is 6.42 Å². The Morgan fingerprint density at radius 2 is 2.33 bits per heavy atom. The zero-order chi connectivity index (χ0) is 10.7. The first-order chi connectivity index (χ1) is 7.29. The van der Waals surface area contributed by atoms with Crippen molar-refractivity contribution in [3.05, 3.63) is 29.3 Å². The van der Waals surface area contributed by atoms with Crippen molar-refractivity contribution in [3.8, 4) is 11.7 Å². The maximum absolute atomic E-state index is 5.65. The molecule has 80 valence electrons. The highest BCUT2D eigenvalue weighted by molar-refractivity contribution is 6.28. The number of hydrogen-bond donors (Lipinski definition) is 1. The molecule has 0 amide bonds. The van der Waals surface area contributed by atoms with E-state index >= 15 is 0 Å². The van der Waals surface area contributed by atoms with Gasteiger partial charge in [0.05, 0.1) is 5.69 Å². The van der Waals surface area contributed by atoms with Crippen LogP contribution >= 0.6 is 11.6 Å². The van der Waals surface area contributed by atoms with E-state index in [9.17, 15) is 0 Å². The lowest BCUT2D eigenvalue weighted by molar-refractivity contribution is 0.517. The molecule has 0 fully saturated rings. The van der Waals surface area contributed by atoms with E-state index in [4.69, 9.17) is 20.4 Å². The van der Waals surface area contributed by atoms with Gasteiger partial charge in [0.25, 0.3) is 5.89 Å². The van der Waals surface area contributed by atoms with E-state index in [0.717, 1.165) is 18.7 Å². The summed E-state index contributed by atoms with van der Waals surface area (Å²) >= 11 is 5.65. The minimum atomic E-state index is 0.333. The molecule has 0 aliphatic heterocycles. The fourth-order valence-corrected chi connectivity index (χ4v) is 1.36. The molecule has 0 saturated heterocycles. The molecular weight excluding hydrogens is 216 g/mol. The number of hydrogen-bond acceptors (Lipinski definition) is 4. The van der Waals surface area contributed by atoms with Crippen LogP contribution in [0.25, 0.3) is 11.7 Å². The quantitative estimate of drug-likeness (QED) is 0.870. The Balaban J connectivity index is 2.13. The Morgan fingerprint density at radius 1 is 1.47 bits per heavy atom. The minimum Gasteiger partial charge on any atom is -0.442 e. The zero-order valence-electron chi connectivity index (χ0n) is 8.29. The SMILES string of the molecule is CNCCc1coc(-c2ccc(Cl)o2)n1. The van der Waals surface area contributed by atoms with Crippen molar-refractivity contribution < 1.29 is 8.83 Å². The van der Waals surface area contributed by atoms with E-state index in [1.165, 1.54) is 0 Å². The van der Waals surface area contributed by atoms with Crippen molar-refractivity contribution in [2.24, 2.45) is 0 Å². The van der Waals surface area contributed by atoms with Crippen LogP contribution in [0.5, 0.6) is 0 Å². The van der Waals surface area contributed by atoms with Crippen LogP contribution in [-0.4, -0.2) is 18.6 Å². The van der Waals surface area contributed by atoms with Crippen LogP contribution in [0, 0.1) is 0 Å². The Hall–Kier alpha value is -1.26. The molecule has 1 N–H and O–H groups in total. The van der Waals surface area contributed by atoms with Crippen LogP contribution in [0.3, 0.4) is 0 Å². The number of aromatic nitrogens is 1. The van der Waals surface area contributed by atoms with Gasteiger partial charge in [-0.05, 0) is 30.8 Å². The molecule has 0 unspecified atom stereocenters. The molecular formula is C10H11ClN2O2. The summed E-state index contributed by atoms with van der Waals surface area (Å²) in [5.41, 5.74) is 0.895. The fraction of sp³-hybridized carbons (Fsp3) is 0.300. The summed E-state index contributed by atoms with van der Waals surface area (Å²) in [6.45, 7) is 0.866. The van der Waals surface area contributed by atoms with Gasteiger partial charge in [-0.1, -0.05) is 0 Å². The Bertz CT molecular complexity index is 436. The van der Waals surface area contributed by atoms with Gasteiger partial charge in [0.15, 0.2) is 11.0 Å². The normalized spacial score (nSPS) is 10.8. The molecule has 2 rings (SSSR count). The molecule has 2 aromatic rings. The second-order valence-electron chi connectivity index (χ2n) is 3.10. The molecule has 2 heterocycles. The number of likely N-dealkylation sites (N-methyl/N-ethyl adjacent to an activating group) is 1. The predicted octanol–water partition coefficient (Wildman–Crippen LogP) is 2.35. The lowest BCUT2D eigenvalue weighted by Gasteiger charge is -1.92. The average molecular weight is 227 g/mol. The monoisotopic (exact) mass is 226 g/mol. The van der Waals surface area contributed by atoms with Crippen LogP contribution < -0.4 is 5.32 Å². The molecule has 5 heteroatoms. The highest BCUT2D eigenvalue weighted by Crippen LogP contribution is 2.23. The number of rotatable bonds is 4. The van der Waals surface area contributed by atoms with Crippen molar-refractivity contribution in [2.75, 3.05) is 13.6 Å². The smallest absolute Gasteiger partial charge is 0.263 e. The average Bonchev–Trinajstić information content (AvgIpc) is 2.83. The van der Waals surface area contributed by atoms with Gasteiger partial charge in [-0.25, -0.2) is 4.98 Å². The maximum atomic E-state index is 5.65. The summed E-state index contributed by atoms with van der Waals surface area (Å²) in [6.07, 6.45) is 2.46. The first kappa shape index (κ1) is 10.3. The summed E-state index contributed by atoms with van der Waals surface area (Å²) in [6, 6.07) is 3.39. The summed E-state index contributed by atoms with van der Waals surface area (Å²) in [7, 11) is 1.90. The van der Waals surface area contributed by atoms with E-state index in [-0.39, 0.29) is 0 Å². The second-order valence-corrected chi connectivity index (χ2v) is 3.47. The molecule has 0 radical (unpaired) electrons. The number of nitrogens with one attached hydrogen (secondary N) is 1. The standard InChI is InChI=1S/C10H11ClN2O2/c1-12-5-4-7-6-14-10(13-7)8-2-3-9(11)15-8/h2-3,6,12H,4-5H2,1H3. The Morgan fingerprint density at radius 3 is 3.00 bits per heavy atom. The zero-order valence-corrected chi connectivity index (χ0v) is 9.04. The van der Waals surface area contributed by atoms with Crippen LogP contribution in [0.4, 0.5) is 0 Å². The first-order valence-corrected chi connectivity index (χ1v) is 5.02. The maximum Gasteiger partial charge on any atom is 0.263 e. The highest BCUT2D eigenvalue weighted by Gasteiger charge is 2.10. The summed E-state index contributed by atoms with van der Waals surface area (Å²) in [5.74, 6) is 1.02. The molecule has 0 bridgehead atoms. The minimum absolute atomic E-state index is 0.333. The number of oxazole rings is 1. The van der Waals surface area contributed by atoms with E-state index in [1.807, 2.05) is 7.05 Å². The molecule has 15 heavy (non-hydrogen) atoms. The molecule has 0 atom stereocenters. The van der Waals surface area contributed by atoms with E-state index in [2.05, 4.69) is 10.3 Å². The van der Waals surface area contributed by atoms with Crippen molar-refractivity contribution in [1.82, 2.24) is 10.3 Å². The molecule has 4 nitrogen and oxygen atoms in total. The lowest BCUT2D eigenvalue weighted by Crippen LogP contribution is -2.10. The molecule has 0 saturated carbocycles. The van der Waals surface area contributed by atoms with Gasteiger partial charge < -0.3 is 14.2 Å². The lowest BCUT2D eigenvalue weighted by atomic mass is 10.3. The van der Waals surface area contributed by atoms with Crippen molar-refractivity contribution in [1.29, 1.82) is 0 Å². The van der Waals surface area contributed by atoms with Crippen LogP contribution in [0.2, 0.25) is 5.22 Å². The van der Waals surface area contributed by atoms with Gasteiger partial charge in [-0.2, -0.15) is 0 Å². The van der Waals surface area contributed by atoms with Gasteiger partial charge in [0.2, 0.25) is 0 Å². The van der Waals surface area contributed by atoms with Gasteiger partial charge in [-0.3, -0.25) is 0 Å². The van der Waals surface area contributed by atoms with Gasteiger partial charge in [0.1, 0.15) is 6.26 Å². The first-order valence-electron chi connectivity index (χ1n) is 4.64. The summed E-state index contributed by atoms with van der Waals surface area (Å²) in [4.78, 5) is 4.27. The van der Waals surface area contributed by atoms with Gasteiger partial charge >= 0.3 is 0 Å². The van der Waals surface area contributed by atoms with E-state index in [1.54, 1.807) is 18.4 Å². The van der Waals surface area contributed by atoms with Crippen molar-refractivity contribution >= 4 is 11.6 Å². The Kier molecular flexibility index (Phi) is 3.08. The third kappa shape index (κ3) is 2.40. The van der Waals surface area contributed by atoms with Crippen LogP contribution in [0.15, 0.2) is 27.2 Å². The van der Waals surface area contributed by atoms with Gasteiger partial charge in [0, 0.05) is 13.0 Å². The molecule has 2 aromatic heterocycles. The molecule has 0 aliphatic rings. The van der Waals surface area contributed by atoms with Crippen LogP contribution in [0.1, 0.15) is 5.69 Å². The predicted molar refractivity (Wildman–Crippen MR) is 56.8 cm³/mol. The number of halogens is 1. The third-order valence-electron chi connectivity index (χ3n) is 1.97. The van der Waals surface area contributed by atoms with E-state index < -0.39 is 0 Å². The van der Waals surface area contributed by atoms with E-state index in [0.29, 0.717) is 16.9 Å². The summed E-state index contributed by atoms with van der Waals surface area (Å²) < 4.78 is 10.5.